The third-order valence-corrected chi connectivity index (χ3v) is 4.54. The molecule has 0 bridgehead atoms. The number of aliphatic carboxylic acids is 1. The van der Waals surface area contributed by atoms with Gasteiger partial charge in [-0.2, -0.15) is 0 Å². The van der Waals surface area contributed by atoms with Crippen molar-refractivity contribution < 1.29 is 24.2 Å². The van der Waals surface area contributed by atoms with E-state index in [1.54, 1.807) is 0 Å². The van der Waals surface area contributed by atoms with Crippen molar-refractivity contribution in [1.29, 1.82) is 0 Å². The van der Waals surface area contributed by atoms with Crippen LogP contribution in [0.15, 0.2) is 24.3 Å². The van der Waals surface area contributed by atoms with Crippen LogP contribution in [0.5, 0.6) is 0 Å². The first kappa shape index (κ1) is 18.6. The van der Waals surface area contributed by atoms with Crippen molar-refractivity contribution in [1.82, 2.24) is 0 Å². The van der Waals surface area contributed by atoms with E-state index in [4.69, 9.17) is 9.47 Å². The molecule has 5 heteroatoms. The summed E-state index contributed by atoms with van der Waals surface area (Å²) in [6, 6.07) is 8.07. The monoisotopic (exact) mass is 334 g/mol. The van der Waals surface area contributed by atoms with Crippen LogP contribution in [0, 0.1) is 5.41 Å². The maximum absolute atomic E-state index is 11.9. The van der Waals surface area contributed by atoms with Crippen molar-refractivity contribution in [3.63, 3.8) is 0 Å². The quantitative estimate of drug-likeness (QED) is 0.857. The number of ether oxygens (including phenoxy) is 2. The molecule has 0 radical (unpaired) electrons. The molecule has 0 spiro atoms. The zero-order valence-corrected chi connectivity index (χ0v) is 14.6. The van der Waals surface area contributed by atoms with Gasteiger partial charge in [-0.3, -0.25) is 4.79 Å². The molecule has 24 heavy (non-hydrogen) atoms. The van der Waals surface area contributed by atoms with E-state index in [0.29, 0.717) is 19.1 Å². The fourth-order valence-electron chi connectivity index (χ4n) is 2.87. The van der Waals surface area contributed by atoms with E-state index in [9.17, 15) is 14.7 Å². The van der Waals surface area contributed by atoms with Crippen molar-refractivity contribution in [2.75, 3.05) is 19.8 Å². The van der Waals surface area contributed by atoms with Gasteiger partial charge >= 0.3 is 5.97 Å². The molecule has 0 aromatic heterocycles. The minimum absolute atomic E-state index is 0.0596. The Labute approximate surface area is 143 Å². The predicted octanol–water partition coefficient (Wildman–Crippen LogP) is 2.60. The fourth-order valence-corrected chi connectivity index (χ4v) is 2.87. The summed E-state index contributed by atoms with van der Waals surface area (Å²) in [6.07, 6.45) is 0.775. The van der Waals surface area contributed by atoms with E-state index < -0.39 is 17.5 Å². The van der Waals surface area contributed by atoms with E-state index in [1.165, 1.54) is 5.56 Å². The molecule has 2 rings (SSSR count). The Morgan fingerprint density at radius 1 is 1.33 bits per heavy atom. The molecule has 1 heterocycles. The van der Waals surface area contributed by atoms with Crippen molar-refractivity contribution in [3.05, 3.63) is 35.4 Å². The van der Waals surface area contributed by atoms with E-state index in [0.717, 1.165) is 5.56 Å². The molecule has 1 N–H and O–H groups in total. The molecule has 132 valence electrons. The smallest absolute Gasteiger partial charge is 0.312 e. The van der Waals surface area contributed by atoms with E-state index >= 15 is 0 Å². The van der Waals surface area contributed by atoms with Crippen LogP contribution in [0.1, 0.15) is 38.3 Å². The van der Waals surface area contributed by atoms with Gasteiger partial charge in [-0.1, -0.05) is 45.0 Å². The number of carboxylic acids is 1. The highest BCUT2D eigenvalue weighted by atomic mass is 16.5. The molecule has 1 aliphatic heterocycles. The van der Waals surface area contributed by atoms with Crippen molar-refractivity contribution in [3.8, 4) is 0 Å². The Bertz CT molecular complexity index is 560. The van der Waals surface area contributed by atoms with E-state index in [2.05, 4.69) is 20.8 Å². The Balaban J connectivity index is 2.16. The van der Waals surface area contributed by atoms with Gasteiger partial charge in [-0.15, -0.1) is 0 Å². The highest BCUT2D eigenvalue weighted by Gasteiger charge is 2.40. The molecule has 0 amide bonds. The summed E-state index contributed by atoms with van der Waals surface area (Å²) >= 11 is 0. The van der Waals surface area contributed by atoms with E-state index in [-0.39, 0.29) is 25.2 Å². The van der Waals surface area contributed by atoms with Gasteiger partial charge in [0.25, 0.3) is 0 Å². The Kier molecular flexibility index (Phi) is 5.78. The lowest BCUT2D eigenvalue weighted by molar-refractivity contribution is -0.161. The number of aldehydes is 1. The average molecular weight is 334 g/mol. The maximum atomic E-state index is 11.9. The Morgan fingerprint density at radius 3 is 2.54 bits per heavy atom. The number of hydrogen-bond donors (Lipinski definition) is 1. The highest BCUT2D eigenvalue weighted by Crippen LogP contribution is 2.31. The second-order valence-electron chi connectivity index (χ2n) is 7.52. The summed E-state index contributed by atoms with van der Waals surface area (Å²) < 4.78 is 10.9. The van der Waals surface area contributed by atoms with Gasteiger partial charge in [-0.25, -0.2) is 0 Å². The lowest BCUT2D eigenvalue weighted by Gasteiger charge is -2.32. The minimum atomic E-state index is -1.03. The number of hydrogen-bond acceptors (Lipinski definition) is 4. The lowest BCUT2D eigenvalue weighted by atomic mass is 9.78. The number of benzene rings is 1. The van der Waals surface area contributed by atoms with Crippen LogP contribution in [0.2, 0.25) is 0 Å². The molecule has 1 saturated heterocycles. The second-order valence-corrected chi connectivity index (χ2v) is 7.52. The van der Waals surface area contributed by atoms with Gasteiger partial charge in [0.05, 0.1) is 18.6 Å². The third kappa shape index (κ3) is 4.42. The molecule has 1 aromatic rings. The lowest BCUT2D eigenvalue weighted by Crippen LogP contribution is -2.42. The zero-order chi connectivity index (χ0) is 17.8. The molecule has 1 fully saturated rings. The van der Waals surface area contributed by atoms with Crippen LogP contribution >= 0.6 is 0 Å². The average Bonchev–Trinajstić information content (AvgIpc) is 2.49. The minimum Gasteiger partial charge on any atom is -0.481 e. The van der Waals surface area contributed by atoms with Crippen molar-refractivity contribution in [2.24, 2.45) is 5.41 Å². The second kappa shape index (κ2) is 7.45. The number of carboxylic acid groups (broad SMARTS) is 1. The van der Waals surface area contributed by atoms with Gasteiger partial charge in [0, 0.05) is 6.61 Å². The molecule has 0 saturated carbocycles. The summed E-state index contributed by atoms with van der Waals surface area (Å²) in [4.78, 5) is 22.7. The molecular formula is C19H26O5. The van der Waals surface area contributed by atoms with Crippen LogP contribution in [0.4, 0.5) is 0 Å². The Morgan fingerprint density at radius 2 is 2.00 bits per heavy atom. The van der Waals surface area contributed by atoms with Crippen molar-refractivity contribution in [2.45, 2.75) is 45.1 Å². The third-order valence-electron chi connectivity index (χ3n) is 4.54. The molecule has 1 aliphatic rings. The Hall–Kier alpha value is -1.72. The van der Waals surface area contributed by atoms with Crippen molar-refractivity contribution >= 4 is 12.3 Å². The summed E-state index contributed by atoms with van der Waals surface area (Å²) in [5.41, 5.74) is 1.20. The van der Waals surface area contributed by atoms with Gasteiger partial charge in [-0.05, 0) is 29.4 Å². The highest BCUT2D eigenvalue weighted by molar-refractivity contribution is 5.75. The van der Waals surface area contributed by atoms with Gasteiger partial charge in [0.2, 0.25) is 0 Å². The molecule has 1 aromatic carbocycles. The van der Waals surface area contributed by atoms with Crippen LogP contribution in [0.3, 0.4) is 0 Å². The SMILES string of the molecule is CC(C)(C)c1ccc(CC2(C(=O)O)CCOC(C=O)COC2)cc1. The number of carbonyl (C=O) groups is 2. The van der Waals surface area contributed by atoms with Crippen LogP contribution in [-0.4, -0.2) is 43.3 Å². The summed E-state index contributed by atoms with van der Waals surface area (Å²) in [7, 11) is 0. The summed E-state index contributed by atoms with van der Waals surface area (Å²) in [6.45, 7) is 6.84. The molecule has 5 nitrogen and oxygen atoms in total. The van der Waals surface area contributed by atoms with E-state index in [1.807, 2.05) is 24.3 Å². The normalized spacial score (nSPS) is 25.5. The summed E-state index contributed by atoms with van der Waals surface area (Å²) in [5, 5.41) is 9.77. The number of carbonyl (C=O) groups excluding carboxylic acids is 1. The largest absolute Gasteiger partial charge is 0.481 e. The van der Waals surface area contributed by atoms with Crippen LogP contribution in [-0.2, 0) is 30.9 Å². The first-order valence-corrected chi connectivity index (χ1v) is 8.24. The predicted molar refractivity (Wildman–Crippen MR) is 90.2 cm³/mol. The summed E-state index contributed by atoms with van der Waals surface area (Å²) in [5.74, 6) is -0.893. The first-order chi connectivity index (χ1) is 11.3. The maximum Gasteiger partial charge on any atom is 0.312 e. The van der Waals surface area contributed by atoms with Gasteiger partial charge in [0.1, 0.15) is 6.10 Å². The first-order valence-electron chi connectivity index (χ1n) is 8.24. The molecule has 2 atom stereocenters. The number of rotatable bonds is 4. The standard InChI is InChI=1S/C19H26O5/c1-18(2,3)15-6-4-14(5-7-15)10-19(17(21)22)8-9-24-16(11-20)12-23-13-19/h4-7,11,16H,8-10,12-13H2,1-3H3,(H,21,22). The molecular weight excluding hydrogens is 308 g/mol. The fraction of sp³-hybridized carbons (Fsp3) is 0.579. The van der Waals surface area contributed by atoms with Crippen LogP contribution < -0.4 is 0 Å². The molecule has 2 unspecified atom stereocenters. The van der Waals surface area contributed by atoms with Crippen LogP contribution in [0.25, 0.3) is 0 Å². The molecule has 0 aliphatic carbocycles. The zero-order valence-electron chi connectivity index (χ0n) is 14.6. The topological polar surface area (TPSA) is 72.8 Å². The van der Waals surface area contributed by atoms with Gasteiger partial charge in [0.15, 0.2) is 6.29 Å². The van der Waals surface area contributed by atoms with Gasteiger partial charge < -0.3 is 19.4 Å².